The van der Waals surface area contributed by atoms with Crippen LogP contribution in [0, 0.1) is 0 Å². The first kappa shape index (κ1) is 20.5. The number of piperidine rings is 1. The number of methoxy groups -OCH3 is 1. The monoisotopic (exact) mass is 390 g/mol. The van der Waals surface area contributed by atoms with Gasteiger partial charge in [0, 0.05) is 39.7 Å². The van der Waals surface area contributed by atoms with Gasteiger partial charge < -0.3 is 14.2 Å². The summed E-state index contributed by atoms with van der Waals surface area (Å²) in [6.07, 6.45) is 4.43. The molecule has 3 rings (SSSR count). The van der Waals surface area contributed by atoms with Crippen LogP contribution in [-0.4, -0.2) is 65.2 Å². The van der Waals surface area contributed by atoms with Crippen LogP contribution in [0.2, 0.25) is 0 Å². The standard InChI is InChI=1S/C19H30N6O3/c1-5-17-21-19(28-22-17)14(2)24-8-6-7-15(13-24)25-18(26)11-16(12-20-25)23(3)9-10-27-4/h11-12,14-15H,5-10,13H2,1-4H3/t14-,15+/m1/s1. The molecule has 3 heterocycles. The molecule has 9 nitrogen and oxygen atoms in total. The van der Waals surface area contributed by atoms with Crippen LogP contribution in [0.1, 0.15) is 50.5 Å². The molecule has 0 unspecified atom stereocenters. The fourth-order valence-electron chi connectivity index (χ4n) is 3.52. The lowest BCUT2D eigenvalue weighted by Gasteiger charge is -2.35. The van der Waals surface area contributed by atoms with E-state index in [2.05, 4.69) is 27.1 Å². The molecule has 1 saturated heterocycles. The Morgan fingerprint density at radius 3 is 2.96 bits per heavy atom. The third-order valence-corrected chi connectivity index (χ3v) is 5.36. The Balaban J connectivity index is 1.70. The highest BCUT2D eigenvalue weighted by Crippen LogP contribution is 2.27. The number of anilines is 1. The molecule has 0 saturated carbocycles. The Morgan fingerprint density at radius 1 is 1.46 bits per heavy atom. The lowest BCUT2D eigenvalue weighted by atomic mass is 10.0. The molecule has 2 aromatic rings. The maximum absolute atomic E-state index is 12.7. The second kappa shape index (κ2) is 9.29. The lowest BCUT2D eigenvalue weighted by molar-refractivity contribution is 0.108. The Morgan fingerprint density at radius 2 is 2.29 bits per heavy atom. The van der Waals surface area contributed by atoms with Crippen molar-refractivity contribution in [1.82, 2.24) is 24.8 Å². The molecule has 0 aromatic carbocycles. The first-order valence-corrected chi connectivity index (χ1v) is 9.89. The van der Waals surface area contributed by atoms with Crippen molar-refractivity contribution in [3.63, 3.8) is 0 Å². The summed E-state index contributed by atoms with van der Waals surface area (Å²) >= 11 is 0. The van der Waals surface area contributed by atoms with Crippen molar-refractivity contribution in [2.45, 2.75) is 45.2 Å². The van der Waals surface area contributed by atoms with Gasteiger partial charge in [-0.2, -0.15) is 10.1 Å². The lowest BCUT2D eigenvalue weighted by Crippen LogP contribution is -2.42. The number of hydrogen-bond donors (Lipinski definition) is 0. The third kappa shape index (κ3) is 4.59. The van der Waals surface area contributed by atoms with Crippen molar-refractivity contribution >= 4 is 5.69 Å². The van der Waals surface area contributed by atoms with Crippen LogP contribution >= 0.6 is 0 Å². The molecular weight excluding hydrogens is 360 g/mol. The summed E-state index contributed by atoms with van der Waals surface area (Å²) in [5.74, 6) is 1.36. The van der Waals surface area contributed by atoms with Crippen LogP contribution in [0.3, 0.4) is 0 Å². The molecule has 0 radical (unpaired) electrons. The van der Waals surface area contributed by atoms with Gasteiger partial charge in [0.2, 0.25) is 5.89 Å². The summed E-state index contributed by atoms with van der Waals surface area (Å²) in [5, 5.41) is 8.45. The van der Waals surface area contributed by atoms with Crippen molar-refractivity contribution in [3.8, 4) is 0 Å². The Kier molecular flexibility index (Phi) is 6.79. The molecule has 2 aromatic heterocycles. The van der Waals surface area contributed by atoms with Gasteiger partial charge in [0.1, 0.15) is 0 Å². The van der Waals surface area contributed by atoms with Crippen LogP contribution in [0.25, 0.3) is 0 Å². The Hall–Kier alpha value is -2.26. The van der Waals surface area contributed by atoms with Gasteiger partial charge in [-0.1, -0.05) is 12.1 Å². The van der Waals surface area contributed by atoms with Gasteiger partial charge in [-0.05, 0) is 26.3 Å². The molecular formula is C19H30N6O3. The molecule has 2 atom stereocenters. The van der Waals surface area contributed by atoms with Gasteiger partial charge in [-0.15, -0.1) is 0 Å². The van der Waals surface area contributed by atoms with E-state index in [0.717, 1.165) is 43.9 Å². The topological polar surface area (TPSA) is 89.5 Å². The average molecular weight is 390 g/mol. The predicted octanol–water partition coefficient (Wildman–Crippen LogP) is 1.67. The van der Waals surface area contributed by atoms with E-state index in [1.165, 1.54) is 0 Å². The number of ether oxygens (including phenoxy) is 1. The zero-order chi connectivity index (χ0) is 20.1. The van der Waals surface area contributed by atoms with E-state index in [1.54, 1.807) is 24.1 Å². The van der Waals surface area contributed by atoms with E-state index in [4.69, 9.17) is 9.26 Å². The van der Waals surface area contributed by atoms with Crippen LogP contribution in [0.5, 0.6) is 0 Å². The van der Waals surface area contributed by atoms with Gasteiger partial charge in [-0.25, -0.2) is 4.68 Å². The first-order valence-electron chi connectivity index (χ1n) is 9.89. The molecule has 1 fully saturated rings. The van der Waals surface area contributed by atoms with Crippen LogP contribution in [0.15, 0.2) is 21.6 Å². The SMILES string of the molecule is CCc1noc([C@@H](C)N2CCC[C@H](n3ncc(N(C)CCOC)cc3=O)C2)n1. The summed E-state index contributed by atoms with van der Waals surface area (Å²) in [7, 11) is 3.59. The molecule has 1 aliphatic heterocycles. The number of likely N-dealkylation sites (tertiary alicyclic amines) is 1. The van der Waals surface area contributed by atoms with Crippen LogP contribution < -0.4 is 10.5 Å². The molecule has 154 valence electrons. The van der Waals surface area contributed by atoms with Crippen molar-refractivity contribution < 1.29 is 9.26 Å². The number of aryl methyl sites for hydroxylation is 1. The van der Waals surface area contributed by atoms with E-state index in [-0.39, 0.29) is 17.6 Å². The van der Waals surface area contributed by atoms with E-state index in [1.807, 2.05) is 18.9 Å². The number of nitrogens with zero attached hydrogens (tertiary/aromatic N) is 6. The maximum atomic E-state index is 12.7. The minimum atomic E-state index is -0.0765. The van der Waals surface area contributed by atoms with Crippen molar-refractivity contribution in [3.05, 3.63) is 34.3 Å². The Labute approximate surface area is 165 Å². The molecule has 0 spiro atoms. The fourth-order valence-corrected chi connectivity index (χ4v) is 3.52. The van der Waals surface area contributed by atoms with Gasteiger partial charge >= 0.3 is 0 Å². The quantitative estimate of drug-likeness (QED) is 0.672. The smallest absolute Gasteiger partial charge is 0.269 e. The fraction of sp³-hybridized carbons (Fsp3) is 0.684. The van der Waals surface area contributed by atoms with Gasteiger partial charge in [-0.3, -0.25) is 9.69 Å². The van der Waals surface area contributed by atoms with Crippen molar-refractivity contribution in [1.29, 1.82) is 0 Å². The number of likely N-dealkylation sites (N-methyl/N-ethyl adjacent to an activating group) is 1. The van der Waals surface area contributed by atoms with E-state index in [0.29, 0.717) is 19.0 Å². The van der Waals surface area contributed by atoms with Gasteiger partial charge in [0.25, 0.3) is 5.56 Å². The summed E-state index contributed by atoms with van der Waals surface area (Å²) < 4.78 is 12.1. The highest BCUT2D eigenvalue weighted by Gasteiger charge is 2.29. The minimum absolute atomic E-state index is 0.0192. The number of rotatable bonds is 8. The van der Waals surface area contributed by atoms with Crippen molar-refractivity contribution in [2.24, 2.45) is 0 Å². The van der Waals surface area contributed by atoms with E-state index in [9.17, 15) is 4.79 Å². The predicted molar refractivity (Wildman–Crippen MR) is 106 cm³/mol. The maximum Gasteiger partial charge on any atom is 0.269 e. The number of aromatic nitrogens is 4. The second-order valence-electron chi connectivity index (χ2n) is 7.28. The van der Waals surface area contributed by atoms with Crippen molar-refractivity contribution in [2.75, 3.05) is 45.3 Å². The molecule has 0 amide bonds. The molecule has 0 N–H and O–H groups in total. The Bertz CT molecular complexity index is 820. The van der Waals surface area contributed by atoms with Crippen LogP contribution in [0.4, 0.5) is 5.69 Å². The van der Waals surface area contributed by atoms with Crippen LogP contribution in [-0.2, 0) is 11.2 Å². The highest BCUT2D eigenvalue weighted by molar-refractivity contribution is 5.41. The molecule has 28 heavy (non-hydrogen) atoms. The van der Waals surface area contributed by atoms with E-state index < -0.39 is 0 Å². The summed E-state index contributed by atoms with van der Waals surface area (Å²) in [6, 6.07) is 1.71. The summed E-state index contributed by atoms with van der Waals surface area (Å²) in [6.45, 7) is 7.06. The molecule has 0 bridgehead atoms. The third-order valence-electron chi connectivity index (χ3n) is 5.36. The van der Waals surface area contributed by atoms with Gasteiger partial charge in [0.05, 0.1) is 30.6 Å². The van der Waals surface area contributed by atoms with E-state index >= 15 is 0 Å². The zero-order valence-corrected chi connectivity index (χ0v) is 17.2. The summed E-state index contributed by atoms with van der Waals surface area (Å²) in [4.78, 5) is 21.4. The number of hydrogen-bond acceptors (Lipinski definition) is 8. The zero-order valence-electron chi connectivity index (χ0n) is 17.2. The molecule has 0 aliphatic carbocycles. The second-order valence-corrected chi connectivity index (χ2v) is 7.28. The normalized spacial score (nSPS) is 18.9. The van der Waals surface area contributed by atoms with Gasteiger partial charge in [0.15, 0.2) is 5.82 Å². The summed E-state index contributed by atoms with van der Waals surface area (Å²) in [5.41, 5.74) is 0.726. The molecule has 1 aliphatic rings. The molecule has 9 heteroatoms. The average Bonchev–Trinajstić information content (AvgIpc) is 3.20. The minimum Gasteiger partial charge on any atom is -0.383 e. The highest BCUT2D eigenvalue weighted by atomic mass is 16.5. The first-order chi connectivity index (χ1) is 13.5. The largest absolute Gasteiger partial charge is 0.383 e.